The molecule has 0 bridgehead atoms. The molecule has 0 aromatic heterocycles. The maximum atomic E-state index is 14.9. The van der Waals surface area contributed by atoms with Crippen LogP contribution in [0.1, 0.15) is 32.3 Å². The molecule has 0 amide bonds. The average molecular weight is 564 g/mol. The van der Waals surface area contributed by atoms with Crippen LogP contribution < -0.4 is 0 Å². The summed E-state index contributed by atoms with van der Waals surface area (Å²) in [4.78, 5) is 0. The number of hydrogen-bond donors (Lipinski definition) is 0. The molecule has 0 spiro atoms. The summed E-state index contributed by atoms with van der Waals surface area (Å²) in [6, 6.07) is 0. The zero-order valence-corrected chi connectivity index (χ0v) is 20.8. The molecule has 0 saturated carbocycles. The first-order valence-corrected chi connectivity index (χ1v) is 11.3. The second kappa shape index (κ2) is 9.69. The van der Waals surface area contributed by atoms with Crippen LogP contribution in [-0.4, -0.2) is 10.2 Å². The largest absolute Gasteiger partial charge is 0.203 e. The van der Waals surface area contributed by atoms with E-state index in [9.17, 15) is 57.1 Å². The second-order valence-electron chi connectivity index (χ2n) is 8.22. The molecule has 3 rings (SSSR count). The van der Waals surface area contributed by atoms with Crippen LogP contribution in [0.4, 0.5) is 57.1 Å². The maximum absolute atomic E-state index is 14.9. The zero-order valence-electron chi connectivity index (χ0n) is 18.8. The molecule has 3 aromatic rings. The molecular weight excluding hydrogens is 551 g/mol. The molecule has 0 fully saturated rings. The first-order valence-electron chi connectivity index (χ1n) is 10.3. The summed E-state index contributed by atoms with van der Waals surface area (Å²) in [6.45, 7) is 2.89. The van der Waals surface area contributed by atoms with Gasteiger partial charge in [0.2, 0.25) is 5.82 Å². The van der Waals surface area contributed by atoms with Gasteiger partial charge in [-0.15, -0.1) is 0 Å². The van der Waals surface area contributed by atoms with Crippen molar-refractivity contribution < 1.29 is 57.1 Å². The fourth-order valence-corrected chi connectivity index (χ4v) is 4.32. The summed E-state index contributed by atoms with van der Waals surface area (Å²) in [5.74, 6) is -34.4. The van der Waals surface area contributed by atoms with Crippen LogP contribution in [0.15, 0.2) is 0 Å². The fourth-order valence-electron chi connectivity index (χ4n) is 3.88. The Kier molecular flexibility index (Phi) is 7.47. The van der Waals surface area contributed by atoms with Crippen molar-refractivity contribution in [3.63, 3.8) is 0 Å². The predicted molar refractivity (Wildman–Crippen MR) is 109 cm³/mol. The van der Waals surface area contributed by atoms with E-state index in [0.29, 0.717) is 0 Å². The van der Waals surface area contributed by atoms with E-state index in [0.717, 1.165) is 0 Å². The highest BCUT2D eigenvalue weighted by atomic mass is 28.1. The highest BCUT2D eigenvalue weighted by Gasteiger charge is 2.40. The van der Waals surface area contributed by atoms with E-state index in [4.69, 9.17) is 0 Å². The molecule has 0 saturated heterocycles. The summed E-state index contributed by atoms with van der Waals surface area (Å²) in [7, 11) is -0.0483. The van der Waals surface area contributed by atoms with E-state index in [-0.39, 0.29) is 23.1 Å². The number of hydrogen-bond acceptors (Lipinski definition) is 0. The Morgan fingerprint density at radius 3 is 0.811 bits per heavy atom. The van der Waals surface area contributed by atoms with Crippen LogP contribution in [-0.2, 0) is 5.04 Å². The van der Waals surface area contributed by atoms with Crippen molar-refractivity contribution in [1.29, 1.82) is 0 Å². The Morgan fingerprint density at radius 2 is 0.568 bits per heavy atom. The molecular formula is C23H13F13Si. The van der Waals surface area contributed by atoms with E-state index in [1.54, 1.807) is 0 Å². The van der Waals surface area contributed by atoms with Gasteiger partial charge in [0.25, 0.3) is 0 Å². The smallest absolute Gasteiger partial charge is 0.200 e. The lowest BCUT2D eigenvalue weighted by Gasteiger charge is -2.29. The topological polar surface area (TPSA) is 0 Å². The first kappa shape index (κ1) is 28.5. The maximum Gasteiger partial charge on any atom is 0.200 e. The molecule has 0 aliphatic rings. The minimum absolute atomic E-state index is 0.00954. The summed E-state index contributed by atoms with van der Waals surface area (Å²) in [6.07, 6.45) is -0.0191. The second-order valence-corrected chi connectivity index (χ2v) is 10.1. The third-order valence-corrected chi connectivity index (χ3v) is 8.31. The third kappa shape index (κ3) is 3.99. The Labute approximate surface area is 203 Å². The summed E-state index contributed by atoms with van der Waals surface area (Å²) in [5.41, 5.74) is -10.6. The van der Waals surface area contributed by atoms with Gasteiger partial charge in [0.05, 0.1) is 22.3 Å². The van der Waals surface area contributed by atoms with Gasteiger partial charge in [0, 0.05) is 15.8 Å². The Balaban J connectivity index is 2.47. The van der Waals surface area contributed by atoms with Gasteiger partial charge in [-0.3, -0.25) is 0 Å². The molecule has 0 heterocycles. The van der Waals surface area contributed by atoms with Gasteiger partial charge in [-0.05, 0) is 17.9 Å². The van der Waals surface area contributed by atoms with E-state index < -0.39 is 108 Å². The van der Waals surface area contributed by atoms with Crippen molar-refractivity contribution in [2.24, 2.45) is 0 Å². The van der Waals surface area contributed by atoms with E-state index in [1.807, 2.05) is 0 Å². The Bertz CT molecular complexity index is 1360. The van der Waals surface area contributed by atoms with Gasteiger partial charge >= 0.3 is 0 Å². The summed E-state index contributed by atoms with van der Waals surface area (Å²) in [5, 5.41) is -1.39. The van der Waals surface area contributed by atoms with Crippen molar-refractivity contribution in [3.05, 3.63) is 81.2 Å². The highest BCUT2D eigenvalue weighted by Crippen LogP contribution is 2.44. The van der Waals surface area contributed by atoms with Crippen molar-refractivity contribution in [2.75, 3.05) is 0 Å². The number of halogens is 13. The molecule has 0 aliphatic heterocycles. The van der Waals surface area contributed by atoms with Gasteiger partial charge in [-0.2, -0.15) is 0 Å². The highest BCUT2D eigenvalue weighted by molar-refractivity contribution is 6.16. The Hall–Kier alpha value is -3.03. The minimum Gasteiger partial charge on any atom is -0.203 e. The van der Waals surface area contributed by atoms with Crippen LogP contribution in [0.5, 0.6) is 0 Å². The Morgan fingerprint density at radius 1 is 0.378 bits per heavy atom. The van der Waals surface area contributed by atoms with Gasteiger partial charge in [-0.25, -0.2) is 57.1 Å². The standard InChI is InChI=1S/C23H13F13Si/c1-3-23(37,4-2)9-18(32)14(28)7(15(29)19(9)33)5-10(24)12(26)6(13(27)11(5)25)8-16(30)20(34)22(36)21(35)17(8)31/h3-4H2,1-2,37H3. The van der Waals surface area contributed by atoms with Crippen molar-refractivity contribution in [2.45, 2.75) is 31.7 Å². The molecule has 3 aromatic carbocycles. The molecule has 0 atom stereocenters. The molecule has 37 heavy (non-hydrogen) atoms. The van der Waals surface area contributed by atoms with Crippen LogP contribution in [0, 0.1) is 75.6 Å². The van der Waals surface area contributed by atoms with Crippen LogP contribution in [0.25, 0.3) is 22.3 Å². The number of benzene rings is 3. The molecule has 0 aliphatic carbocycles. The van der Waals surface area contributed by atoms with Crippen molar-refractivity contribution in [3.8, 4) is 22.3 Å². The third-order valence-electron chi connectivity index (χ3n) is 6.40. The van der Waals surface area contributed by atoms with Gasteiger partial charge in [0.15, 0.2) is 69.8 Å². The van der Waals surface area contributed by atoms with E-state index in [1.165, 1.54) is 13.8 Å². The van der Waals surface area contributed by atoms with Crippen LogP contribution in [0.3, 0.4) is 0 Å². The predicted octanol–water partition coefficient (Wildman–Crippen LogP) is 7.21. The van der Waals surface area contributed by atoms with Crippen molar-refractivity contribution >= 4 is 10.2 Å². The lowest BCUT2D eigenvalue weighted by atomic mass is 9.88. The molecule has 0 radical (unpaired) electrons. The fraction of sp³-hybridized carbons (Fsp3) is 0.217. The molecule has 14 heteroatoms. The summed E-state index contributed by atoms with van der Waals surface area (Å²) < 4.78 is 187. The van der Waals surface area contributed by atoms with E-state index in [2.05, 4.69) is 0 Å². The summed E-state index contributed by atoms with van der Waals surface area (Å²) >= 11 is 0. The molecule has 0 unspecified atom stereocenters. The van der Waals surface area contributed by atoms with Gasteiger partial charge in [-0.1, -0.05) is 13.8 Å². The first-order chi connectivity index (χ1) is 17.1. The van der Waals surface area contributed by atoms with Crippen LogP contribution in [0.2, 0.25) is 0 Å². The minimum atomic E-state index is -2.86. The van der Waals surface area contributed by atoms with Crippen LogP contribution >= 0.6 is 0 Å². The number of rotatable bonds is 5. The quantitative estimate of drug-likeness (QED) is 0.133. The average Bonchev–Trinajstić information content (AvgIpc) is 2.87. The SMILES string of the molecule is CCC([SiH3])(CC)c1c(F)c(F)c(-c2c(F)c(F)c(-c3c(F)c(F)c(F)c(F)c3F)c(F)c2F)c(F)c1F. The van der Waals surface area contributed by atoms with Crippen molar-refractivity contribution in [1.82, 2.24) is 0 Å². The van der Waals surface area contributed by atoms with Gasteiger partial charge < -0.3 is 0 Å². The normalized spacial score (nSPS) is 12.1. The molecule has 200 valence electrons. The van der Waals surface area contributed by atoms with Gasteiger partial charge in [0.1, 0.15) is 0 Å². The molecule has 0 N–H and O–H groups in total. The zero-order chi connectivity index (χ0) is 28.3. The monoisotopic (exact) mass is 564 g/mol. The lowest BCUT2D eigenvalue weighted by molar-refractivity contribution is 0.379. The van der Waals surface area contributed by atoms with E-state index >= 15 is 0 Å². The lowest BCUT2D eigenvalue weighted by Crippen LogP contribution is -2.29. The molecule has 0 nitrogen and oxygen atoms in total.